The predicted octanol–water partition coefficient (Wildman–Crippen LogP) is 3.77. The standard InChI is InChI=1S/C17H18ClN3O3S/c18-13-4-3-5-15(12-13)20-25(23,24)16-8-6-14(7-9-16)19-17(22)21-10-1-2-11-21/h3-9,12,20H,1-2,10-11H2,(H,19,22). The molecule has 1 fully saturated rings. The van der Waals surface area contributed by atoms with E-state index in [1.165, 1.54) is 18.2 Å². The number of nitrogens with one attached hydrogen (secondary N) is 2. The molecule has 0 atom stereocenters. The lowest BCUT2D eigenvalue weighted by molar-refractivity contribution is 0.222. The molecule has 2 amide bonds. The van der Waals surface area contributed by atoms with Gasteiger partial charge in [0, 0.05) is 23.8 Å². The molecule has 3 rings (SSSR count). The van der Waals surface area contributed by atoms with Gasteiger partial charge in [0.05, 0.1) is 10.6 Å². The fraction of sp³-hybridized carbons (Fsp3) is 0.235. The molecule has 0 aromatic heterocycles. The van der Waals surface area contributed by atoms with Crippen LogP contribution in [-0.4, -0.2) is 32.4 Å². The topological polar surface area (TPSA) is 78.5 Å². The quantitative estimate of drug-likeness (QED) is 0.848. The number of hydrogen-bond acceptors (Lipinski definition) is 3. The van der Waals surface area contributed by atoms with Crippen LogP contribution in [0.5, 0.6) is 0 Å². The van der Waals surface area contributed by atoms with Gasteiger partial charge in [-0.15, -0.1) is 0 Å². The Morgan fingerprint density at radius 2 is 1.68 bits per heavy atom. The van der Waals surface area contributed by atoms with Crippen LogP contribution in [0.1, 0.15) is 12.8 Å². The number of nitrogens with zero attached hydrogens (tertiary/aromatic N) is 1. The maximum absolute atomic E-state index is 12.4. The highest BCUT2D eigenvalue weighted by molar-refractivity contribution is 7.92. The minimum absolute atomic E-state index is 0.103. The van der Waals surface area contributed by atoms with Crippen molar-refractivity contribution in [3.8, 4) is 0 Å². The highest BCUT2D eigenvalue weighted by Gasteiger charge is 2.18. The first kappa shape index (κ1) is 17.6. The first-order chi connectivity index (χ1) is 11.9. The molecule has 8 heteroatoms. The summed E-state index contributed by atoms with van der Waals surface area (Å²) in [5, 5.41) is 3.22. The molecule has 1 aliphatic heterocycles. The van der Waals surface area contributed by atoms with Crippen molar-refractivity contribution in [2.75, 3.05) is 23.1 Å². The normalized spacial score (nSPS) is 14.4. The second-order valence-corrected chi connectivity index (χ2v) is 7.88. The number of benzene rings is 2. The van der Waals surface area contributed by atoms with Gasteiger partial charge in [-0.1, -0.05) is 17.7 Å². The summed E-state index contributed by atoms with van der Waals surface area (Å²) in [7, 11) is -3.72. The van der Waals surface area contributed by atoms with Crippen LogP contribution in [0.2, 0.25) is 5.02 Å². The third kappa shape index (κ3) is 4.43. The van der Waals surface area contributed by atoms with E-state index in [-0.39, 0.29) is 10.9 Å². The number of carbonyl (C=O) groups excluding carboxylic acids is 1. The Morgan fingerprint density at radius 1 is 1.00 bits per heavy atom. The number of amides is 2. The van der Waals surface area contributed by atoms with Gasteiger partial charge in [0.15, 0.2) is 0 Å². The van der Waals surface area contributed by atoms with Gasteiger partial charge in [-0.25, -0.2) is 13.2 Å². The van der Waals surface area contributed by atoms with Gasteiger partial charge in [-0.3, -0.25) is 4.72 Å². The van der Waals surface area contributed by atoms with E-state index in [1.807, 2.05) is 0 Å². The van der Waals surface area contributed by atoms with Crippen molar-refractivity contribution in [3.05, 3.63) is 53.6 Å². The van der Waals surface area contributed by atoms with E-state index in [9.17, 15) is 13.2 Å². The average molecular weight is 380 g/mol. The molecule has 0 aliphatic carbocycles. The van der Waals surface area contributed by atoms with E-state index < -0.39 is 10.0 Å². The first-order valence-electron chi connectivity index (χ1n) is 7.88. The molecular formula is C17H18ClN3O3S. The van der Waals surface area contributed by atoms with Crippen LogP contribution in [-0.2, 0) is 10.0 Å². The molecule has 2 aromatic carbocycles. The lowest BCUT2D eigenvalue weighted by Gasteiger charge is -2.16. The van der Waals surface area contributed by atoms with Gasteiger partial charge in [-0.2, -0.15) is 0 Å². The molecule has 1 aliphatic rings. The Kier molecular flexibility index (Phi) is 5.15. The fourth-order valence-corrected chi connectivity index (χ4v) is 3.85. The number of hydrogen-bond donors (Lipinski definition) is 2. The van der Waals surface area contributed by atoms with E-state index in [1.54, 1.807) is 35.2 Å². The van der Waals surface area contributed by atoms with Crippen LogP contribution in [0.3, 0.4) is 0 Å². The maximum atomic E-state index is 12.4. The number of likely N-dealkylation sites (tertiary alicyclic amines) is 1. The first-order valence-corrected chi connectivity index (χ1v) is 9.74. The van der Waals surface area contributed by atoms with Gasteiger partial charge < -0.3 is 10.2 Å². The molecule has 132 valence electrons. The monoisotopic (exact) mass is 379 g/mol. The minimum atomic E-state index is -3.72. The summed E-state index contributed by atoms with van der Waals surface area (Å²) in [4.78, 5) is 13.9. The summed E-state index contributed by atoms with van der Waals surface area (Å²) in [6.45, 7) is 1.50. The highest BCUT2D eigenvalue weighted by atomic mass is 35.5. The highest BCUT2D eigenvalue weighted by Crippen LogP contribution is 2.21. The zero-order valence-electron chi connectivity index (χ0n) is 13.4. The van der Waals surface area contributed by atoms with E-state index in [4.69, 9.17) is 11.6 Å². The molecule has 0 unspecified atom stereocenters. The van der Waals surface area contributed by atoms with E-state index in [0.717, 1.165) is 25.9 Å². The van der Waals surface area contributed by atoms with Crippen molar-refractivity contribution in [1.82, 2.24) is 4.90 Å². The second-order valence-electron chi connectivity index (χ2n) is 5.76. The van der Waals surface area contributed by atoms with Gasteiger partial charge in [0.25, 0.3) is 10.0 Å². The Bertz CT molecular complexity index is 863. The minimum Gasteiger partial charge on any atom is -0.325 e. The number of urea groups is 1. The molecule has 0 radical (unpaired) electrons. The van der Waals surface area contributed by atoms with Crippen molar-refractivity contribution in [2.24, 2.45) is 0 Å². The Hall–Kier alpha value is -2.25. The molecule has 0 bridgehead atoms. The fourth-order valence-electron chi connectivity index (χ4n) is 2.61. The van der Waals surface area contributed by atoms with Crippen molar-refractivity contribution in [1.29, 1.82) is 0 Å². The summed E-state index contributed by atoms with van der Waals surface area (Å²) < 4.78 is 27.3. The zero-order valence-corrected chi connectivity index (χ0v) is 15.0. The molecule has 1 heterocycles. The molecule has 1 saturated heterocycles. The molecule has 2 aromatic rings. The largest absolute Gasteiger partial charge is 0.325 e. The maximum Gasteiger partial charge on any atom is 0.321 e. The third-order valence-electron chi connectivity index (χ3n) is 3.89. The Labute approximate surface area is 151 Å². The molecule has 0 spiro atoms. The number of anilines is 2. The summed E-state index contributed by atoms with van der Waals surface area (Å²) in [5.74, 6) is 0. The number of sulfonamides is 1. The van der Waals surface area contributed by atoms with Crippen molar-refractivity contribution in [2.45, 2.75) is 17.7 Å². The van der Waals surface area contributed by atoms with E-state index >= 15 is 0 Å². The third-order valence-corrected chi connectivity index (χ3v) is 5.52. The predicted molar refractivity (Wildman–Crippen MR) is 98.5 cm³/mol. The van der Waals surface area contributed by atoms with Crippen LogP contribution in [0.25, 0.3) is 0 Å². The lowest BCUT2D eigenvalue weighted by atomic mass is 10.3. The van der Waals surface area contributed by atoms with Gasteiger partial charge >= 0.3 is 6.03 Å². The smallest absolute Gasteiger partial charge is 0.321 e. The van der Waals surface area contributed by atoms with Crippen molar-refractivity contribution < 1.29 is 13.2 Å². The number of carbonyl (C=O) groups is 1. The second kappa shape index (κ2) is 7.33. The lowest BCUT2D eigenvalue weighted by Crippen LogP contribution is -2.32. The summed E-state index contributed by atoms with van der Waals surface area (Å²) >= 11 is 5.86. The molecular weight excluding hydrogens is 362 g/mol. The van der Waals surface area contributed by atoms with Gasteiger partial charge in [-0.05, 0) is 55.3 Å². The van der Waals surface area contributed by atoms with Gasteiger partial charge in [0.1, 0.15) is 0 Å². The van der Waals surface area contributed by atoms with Crippen LogP contribution in [0, 0.1) is 0 Å². The van der Waals surface area contributed by atoms with Crippen LogP contribution >= 0.6 is 11.6 Å². The van der Waals surface area contributed by atoms with E-state index in [2.05, 4.69) is 10.0 Å². The SMILES string of the molecule is O=C(Nc1ccc(S(=O)(=O)Nc2cccc(Cl)c2)cc1)N1CCCC1. The zero-order chi connectivity index (χ0) is 17.9. The van der Waals surface area contributed by atoms with Crippen LogP contribution in [0.15, 0.2) is 53.4 Å². The Balaban J connectivity index is 1.69. The number of rotatable bonds is 4. The van der Waals surface area contributed by atoms with Crippen LogP contribution < -0.4 is 10.0 Å². The summed E-state index contributed by atoms with van der Waals surface area (Å²) in [6.07, 6.45) is 2.03. The van der Waals surface area contributed by atoms with Crippen molar-refractivity contribution in [3.63, 3.8) is 0 Å². The number of halogens is 1. The summed E-state index contributed by atoms with van der Waals surface area (Å²) in [5.41, 5.74) is 0.942. The molecule has 0 saturated carbocycles. The van der Waals surface area contributed by atoms with Crippen LogP contribution in [0.4, 0.5) is 16.2 Å². The van der Waals surface area contributed by atoms with E-state index in [0.29, 0.717) is 16.4 Å². The molecule has 6 nitrogen and oxygen atoms in total. The summed E-state index contributed by atoms with van der Waals surface area (Å²) in [6, 6.07) is 12.4. The Morgan fingerprint density at radius 3 is 2.32 bits per heavy atom. The molecule has 25 heavy (non-hydrogen) atoms. The van der Waals surface area contributed by atoms with Gasteiger partial charge in [0.2, 0.25) is 0 Å². The molecule has 2 N–H and O–H groups in total. The van der Waals surface area contributed by atoms with Crippen molar-refractivity contribution >= 4 is 39.0 Å². The average Bonchev–Trinajstić information content (AvgIpc) is 3.09.